The number of fused-ring (bicyclic) bond motifs is 3. The summed E-state index contributed by atoms with van der Waals surface area (Å²) in [6.45, 7) is 41.8. The van der Waals surface area contributed by atoms with Gasteiger partial charge in [0.2, 0.25) is 0 Å². The molecule has 396 valence electrons. The zero-order chi connectivity index (χ0) is 55.8. The monoisotopic (exact) mass is 1020 g/mol. The SMILES string of the molecule is CC(C)(C)c1cc(-c2ccc(N(c3ccc(-c4cc(C(C)(C)C)cc(C(C)(C)C)c4)cc3)c3ccc4ccc5c(-n6c7ccc(C(C)(C)C)cc7c7cc(C(C)(C)C)ccc76)ccc6ccc3c4c65)cc2)cc(C(C)(C)C)c1. The maximum Gasteiger partial charge on any atom is 0.0541 e. The van der Waals surface area contributed by atoms with E-state index in [1.807, 2.05) is 0 Å². The molecule has 0 saturated carbocycles. The van der Waals surface area contributed by atoms with Crippen molar-refractivity contribution < 1.29 is 0 Å². The summed E-state index contributed by atoms with van der Waals surface area (Å²) in [5.74, 6) is 0. The van der Waals surface area contributed by atoms with Gasteiger partial charge in [-0.25, -0.2) is 0 Å². The molecule has 2 heteroatoms. The average molecular weight is 1020 g/mol. The van der Waals surface area contributed by atoms with E-state index in [-0.39, 0.29) is 32.5 Å². The first-order valence-corrected chi connectivity index (χ1v) is 28.6. The maximum absolute atomic E-state index is 2.54. The third-order valence-electron chi connectivity index (χ3n) is 16.8. The first-order chi connectivity index (χ1) is 36.4. The Morgan fingerprint density at radius 2 is 0.615 bits per heavy atom. The van der Waals surface area contributed by atoms with Crippen molar-refractivity contribution in [2.75, 3.05) is 4.90 Å². The van der Waals surface area contributed by atoms with Gasteiger partial charge in [0.1, 0.15) is 0 Å². The van der Waals surface area contributed by atoms with Crippen LogP contribution in [-0.4, -0.2) is 4.57 Å². The molecule has 0 atom stereocenters. The highest BCUT2D eigenvalue weighted by atomic mass is 15.1. The first-order valence-electron chi connectivity index (χ1n) is 28.6. The number of anilines is 3. The van der Waals surface area contributed by atoms with Gasteiger partial charge in [-0.2, -0.15) is 0 Å². The van der Waals surface area contributed by atoms with Crippen molar-refractivity contribution in [1.29, 1.82) is 0 Å². The van der Waals surface area contributed by atoms with Gasteiger partial charge < -0.3 is 9.47 Å². The topological polar surface area (TPSA) is 8.17 Å². The molecule has 0 amide bonds. The summed E-state index contributed by atoms with van der Waals surface area (Å²) in [5.41, 5.74) is 20.3. The molecular weight excluding hydrogens is 941 g/mol. The zero-order valence-electron chi connectivity index (χ0n) is 50.1. The second-order valence-corrected chi connectivity index (χ2v) is 28.9. The molecule has 0 unspecified atom stereocenters. The van der Waals surface area contributed by atoms with Crippen LogP contribution in [0.15, 0.2) is 170 Å². The van der Waals surface area contributed by atoms with Gasteiger partial charge >= 0.3 is 0 Å². The van der Waals surface area contributed by atoms with E-state index in [2.05, 4.69) is 304 Å². The molecule has 0 N–H and O–H groups in total. The molecule has 11 aromatic rings. The van der Waals surface area contributed by atoms with Crippen LogP contribution in [0.1, 0.15) is 158 Å². The summed E-state index contributed by atoms with van der Waals surface area (Å²) in [6.07, 6.45) is 0. The van der Waals surface area contributed by atoms with E-state index in [1.165, 1.54) is 115 Å². The highest BCUT2D eigenvalue weighted by Crippen LogP contribution is 2.48. The Labute approximate surface area is 466 Å². The van der Waals surface area contributed by atoms with Gasteiger partial charge in [-0.15, -0.1) is 0 Å². The lowest BCUT2D eigenvalue weighted by Gasteiger charge is -2.29. The van der Waals surface area contributed by atoms with Crippen molar-refractivity contribution in [3.8, 4) is 27.9 Å². The molecule has 0 spiro atoms. The summed E-state index contributed by atoms with van der Waals surface area (Å²) in [5, 5.41) is 10.1. The third kappa shape index (κ3) is 9.48. The van der Waals surface area contributed by atoms with Crippen LogP contribution in [0, 0.1) is 0 Å². The summed E-state index contributed by atoms with van der Waals surface area (Å²) in [7, 11) is 0. The van der Waals surface area contributed by atoms with Crippen molar-refractivity contribution >= 4 is 71.2 Å². The summed E-state index contributed by atoms with van der Waals surface area (Å²) >= 11 is 0. The van der Waals surface area contributed by atoms with E-state index in [0.29, 0.717) is 0 Å². The van der Waals surface area contributed by atoms with Crippen LogP contribution < -0.4 is 4.90 Å². The second-order valence-electron chi connectivity index (χ2n) is 28.9. The highest BCUT2D eigenvalue weighted by molar-refractivity contribution is 6.27. The van der Waals surface area contributed by atoms with Crippen LogP contribution in [0.25, 0.3) is 82.1 Å². The number of rotatable bonds is 6. The Bertz CT molecular complexity index is 3840. The van der Waals surface area contributed by atoms with Crippen molar-refractivity contribution in [2.24, 2.45) is 0 Å². The van der Waals surface area contributed by atoms with Crippen LogP contribution in [0.2, 0.25) is 0 Å². The first kappa shape index (κ1) is 52.9. The van der Waals surface area contributed by atoms with E-state index in [9.17, 15) is 0 Å². The third-order valence-corrected chi connectivity index (χ3v) is 16.8. The van der Waals surface area contributed by atoms with E-state index >= 15 is 0 Å². The molecule has 0 radical (unpaired) electrons. The van der Waals surface area contributed by atoms with Crippen LogP contribution in [0.3, 0.4) is 0 Å². The van der Waals surface area contributed by atoms with E-state index in [1.54, 1.807) is 0 Å². The van der Waals surface area contributed by atoms with E-state index in [4.69, 9.17) is 0 Å². The Morgan fingerprint density at radius 3 is 1.00 bits per heavy atom. The van der Waals surface area contributed by atoms with Gasteiger partial charge in [-0.05, 0) is 170 Å². The molecule has 0 saturated heterocycles. The predicted octanol–water partition coefficient (Wildman–Crippen LogP) is 22.3. The van der Waals surface area contributed by atoms with Gasteiger partial charge in [-0.3, -0.25) is 0 Å². The molecule has 2 nitrogen and oxygen atoms in total. The number of benzene rings is 10. The Kier molecular flexibility index (Phi) is 12.3. The minimum Gasteiger partial charge on any atom is -0.310 e. The van der Waals surface area contributed by atoms with Gasteiger partial charge in [0, 0.05) is 32.9 Å². The quantitative estimate of drug-likeness (QED) is 0.151. The van der Waals surface area contributed by atoms with Crippen LogP contribution in [-0.2, 0) is 32.5 Å². The van der Waals surface area contributed by atoms with Crippen molar-refractivity contribution in [1.82, 2.24) is 4.57 Å². The molecule has 0 aliphatic rings. The molecule has 10 aromatic carbocycles. The van der Waals surface area contributed by atoms with E-state index < -0.39 is 0 Å². The summed E-state index contributed by atoms with van der Waals surface area (Å²) < 4.78 is 2.54. The maximum atomic E-state index is 2.54. The van der Waals surface area contributed by atoms with Crippen molar-refractivity contribution in [2.45, 2.75) is 157 Å². The van der Waals surface area contributed by atoms with Gasteiger partial charge in [0.15, 0.2) is 0 Å². The average Bonchev–Trinajstić information content (AvgIpc) is 3.93. The van der Waals surface area contributed by atoms with Crippen molar-refractivity contribution in [3.63, 3.8) is 0 Å². The molecule has 0 aliphatic heterocycles. The Hall–Kier alpha value is -7.16. The predicted molar refractivity (Wildman–Crippen MR) is 342 cm³/mol. The summed E-state index contributed by atoms with van der Waals surface area (Å²) in [6, 6.07) is 66.3. The molecular formula is C76H82N2. The molecule has 0 bridgehead atoms. The highest BCUT2D eigenvalue weighted by Gasteiger charge is 2.27. The van der Waals surface area contributed by atoms with Gasteiger partial charge in [0.25, 0.3) is 0 Å². The smallest absolute Gasteiger partial charge is 0.0541 e. The fraction of sp³-hybridized carbons (Fsp3) is 0.316. The largest absolute Gasteiger partial charge is 0.310 e. The lowest BCUT2D eigenvalue weighted by molar-refractivity contribution is 0.568. The number of nitrogens with zero attached hydrogens (tertiary/aromatic N) is 2. The number of hydrogen-bond acceptors (Lipinski definition) is 1. The van der Waals surface area contributed by atoms with Gasteiger partial charge in [-0.1, -0.05) is 234 Å². The van der Waals surface area contributed by atoms with Crippen LogP contribution >= 0.6 is 0 Å². The fourth-order valence-corrected chi connectivity index (χ4v) is 11.7. The number of aromatic nitrogens is 1. The molecule has 78 heavy (non-hydrogen) atoms. The normalized spacial score (nSPS) is 13.3. The number of hydrogen-bond donors (Lipinski definition) is 0. The summed E-state index contributed by atoms with van der Waals surface area (Å²) in [4.78, 5) is 2.49. The van der Waals surface area contributed by atoms with E-state index in [0.717, 1.165) is 17.1 Å². The zero-order valence-corrected chi connectivity index (χ0v) is 50.1. The second kappa shape index (κ2) is 18.2. The van der Waals surface area contributed by atoms with Crippen LogP contribution in [0.4, 0.5) is 17.1 Å². The molecule has 11 rings (SSSR count). The van der Waals surface area contributed by atoms with Crippen molar-refractivity contribution in [3.05, 3.63) is 203 Å². The standard InChI is InChI=1S/C76H82N2/c1-71(2,3)53-27-37-67-63(45-53)64-46-54(72(4,5)6)28-38-68(64)78(67)66-36-26-50-23-33-61-65(35-25-49-24-34-62(66)70(50)69(49)61)77(59-29-19-47(20-30-59)51-39-55(73(7,8)9)43-56(40-51)74(10,11)12)60-31-21-48(22-32-60)52-41-57(75(13,14)15)44-58(42-52)76(16,17)18/h19-46H,1-18H3. The minimum atomic E-state index is 0.0207. The van der Waals surface area contributed by atoms with Gasteiger partial charge in [0.05, 0.1) is 22.4 Å². The molecule has 1 heterocycles. The molecule has 0 fully saturated rings. The Morgan fingerprint density at radius 1 is 0.269 bits per heavy atom. The Balaban J connectivity index is 1.12. The molecule has 1 aromatic heterocycles. The minimum absolute atomic E-state index is 0.0207. The lowest BCUT2D eigenvalue weighted by Crippen LogP contribution is -2.16. The van der Waals surface area contributed by atoms with Crippen LogP contribution in [0.5, 0.6) is 0 Å². The molecule has 0 aliphatic carbocycles. The fourth-order valence-electron chi connectivity index (χ4n) is 11.7. The lowest BCUT2D eigenvalue weighted by atomic mass is 9.79.